The number of carbonyl (C=O) groups excluding carboxylic acids is 1. The molecule has 0 aliphatic heterocycles. The van der Waals surface area contributed by atoms with E-state index in [9.17, 15) is 23.3 Å². The molecule has 0 unspecified atom stereocenters. The van der Waals surface area contributed by atoms with E-state index in [-0.39, 0.29) is 16.3 Å². The van der Waals surface area contributed by atoms with Crippen LogP contribution in [0.1, 0.15) is 5.56 Å². The third-order valence-electron chi connectivity index (χ3n) is 3.33. The molecule has 0 bridgehead atoms. The predicted molar refractivity (Wildman–Crippen MR) is 97.4 cm³/mol. The van der Waals surface area contributed by atoms with Crippen molar-refractivity contribution in [1.29, 1.82) is 0 Å². The Hall–Kier alpha value is -1.97. The zero-order valence-electron chi connectivity index (χ0n) is 12.8. The summed E-state index contributed by atoms with van der Waals surface area (Å²) in [6, 6.07) is 9.55. The van der Waals surface area contributed by atoms with E-state index in [1.54, 1.807) is 12.1 Å². The molecule has 0 N–H and O–H groups in total. The van der Waals surface area contributed by atoms with Gasteiger partial charge in [-0.3, -0.25) is 19.2 Å². The molecule has 7 nitrogen and oxygen atoms in total. The number of benzene rings is 2. The van der Waals surface area contributed by atoms with Gasteiger partial charge in [-0.1, -0.05) is 15.9 Å². The number of anilines is 1. The van der Waals surface area contributed by atoms with Crippen LogP contribution in [0.15, 0.2) is 51.8 Å². The number of hydrogen-bond donors (Lipinski definition) is 0. The molecule has 0 aliphatic carbocycles. The minimum Gasteiger partial charge on any atom is -0.279 e. The van der Waals surface area contributed by atoms with E-state index in [0.29, 0.717) is 10.0 Å². The molecule has 0 saturated carbocycles. The van der Waals surface area contributed by atoms with Crippen molar-refractivity contribution < 1.29 is 18.1 Å². The number of carbonyl (C=O) groups is 1. The first kappa shape index (κ1) is 19.4. The number of rotatable bonds is 6. The first-order chi connectivity index (χ1) is 11.6. The lowest BCUT2D eigenvalue weighted by Gasteiger charge is -2.24. The highest BCUT2D eigenvalue weighted by atomic mass is 79.9. The number of aryl methyl sites for hydroxylation is 1. The largest absolute Gasteiger partial charge is 0.279 e. The lowest BCUT2D eigenvalue weighted by Crippen LogP contribution is -2.35. The SMILES string of the molecule is Cc1cc([N+](=O)[O-])ccc1N(CC(=O)Cl)S(=O)(=O)c1ccc(Br)cc1. The maximum absolute atomic E-state index is 12.9. The summed E-state index contributed by atoms with van der Waals surface area (Å²) in [6.45, 7) is 0.920. The number of nitrogens with zero attached hydrogens (tertiary/aromatic N) is 2. The first-order valence-electron chi connectivity index (χ1n) is 6.84. The van der Waals surface area contributed by atoms with Crippen LogP contribution in [0, 0.1) is 17.0 Å². The molecule has 0 atom stereocenters. The monoisotopic (exact) mass is 446 g/mol. The highest BCUT2D eigenvalue weighted by Crippen LogP contribution is 2.30. The molecule has 0 heterocycles. The zero-order chi connectivity index (χ0) is 18.8. The fraction of sp³-hybridized carbons (Fsp3) is 0.133. The fourth-order valence-electron chi connectivity index (χ4n) is 2.18. The maximum atomic E-state index is 12.9. The Morgan fingerprint density at radius 2 is 1.84 bits per heavy atom. The average molecular weight is 448 g/mol. The highest BCUT2D eigenvalue weighted by molar-refractivity contribution is 9.10. The van der Waals surface area contributed by atoms with Crippen LogP contribution in [0.4, 0.5) is 11.4 Å². The van der Waals surface area contributed by atoms with Crippen LogP contribution in [-0.2, 0) is 14.8 Å². The Morgan fingerprint density at radius 3 is 2.32 bits per heavy atom. The maximum Gasteiger partial charge on any atom is 0.269 e. The van der Waals surface area contributed by atoms with Gasteiger partial charge in [0.25, 0.3) is 15.7 Å². The summed E-state index contributed by atoms with van der Waals surface area (Å²) in [7, 11) is -4.08. The van der Waals surface area contributed by atoms with Crippen molar-refractivity contribution in [2.45, 2.75) is 11.8 Å². The molecule has 2 rings (SSSR count). The van der Waals surface area contributed by atoms with E-state index < -0.39 is 26.7 Å². The van der Waals surface area contributed by atoms with Crippen LogP contribution >= 0.6 is 27.5 Å². The van der Waals surface area contributed by atoms with Gasteiger partial charge in [0.1, 0.15) is 6.54 Å². The van der Waals surface area contributed by atoms with Crippen LogP contribution in [-0.4, -0.2) is 25.1 Å². The van der Waals surface area contributed by atoms with Crippen molar-refractivity contribution in [2.75, 3.05) is 10.8 Å². The second-order valence-corrected chi connectivity index (χ2v) is 8.25. The molecular weight excluding hydrogens is 436 g/mol. The third kappa shape index (κ3) is 4.36. The summed E-state index contributed by atoms with van der Waals surface area (Å²) in [5.41, 5.74) is 0.287. The average Bonchev–Trinajstić information content (AvgIpc) is 2.53. The zero-order valence-corrected chi connectivity index (χ0v) is 16.0. The van der Waals surface area contributed by atoms with Crippen molar-refractivity contribution in [1.82, 2.24) is 0 Å². The lowest BCUT2D eigenvalue weighted by atomic mass is 10.2. The molecule has 0 aromatic heterocycles. The Morgan fingerprint density at radius 1 is 1.24 bits per heavy atom. The summed E-state index contributed by atoms with van der Waals surface area (Å²) in [5.74, 6) is 0. The second kappa shape index (κ2) is 7.51. The molecule has 0 amide bonds. The van der Waals surface area contributed by atoms with Crippen molar-refractivity contribution in [3.8, 4) is 0 Å². The minimum absolute atomic E-state index is 0.0358. The van der Waals surface area contributed by atoms with Crippen molar-refractivity contribution in [3.05, 3.63) is 62.6 Å². The van der Waals surface area contributed by atoms with E-state index in [4.69, 9.17) is 11.6 Å². The van der Waals surface area contributed by atoms with Crippen LogP contribution < -0.4 is 4.31 Å². The van der Waals surface area contributed by atoms with Crippen molar-refractivity contribution in [2.24, 2.45) is 0 Å². The molecule has 2 aromatic carbocycles. The van der Waals surface area contributed by atoms with Crippen LogP contribution in [0.3, 0.4) is 0 Å². The van der Waals surface area contributed by atoms with Gasteiger partial charge in [0.2, 0.25) is 5.24 Å². The van der Waals surface area contributed by atoms with E-state index in [0.717, 1.165) is 4.31 Å². The normalized spacial score (nSPS) is 11.2. The van der Waals surface area contributed by atoms with E-state index in [2.05, 4.69) is 15.9 Å². The Kier molecular flexibility index (Phi) is 5.81. The lowest BCUT2D eigenvalue weighted by molar-refractivity contribution is -0.384. The van der Waals surface area contributed by atoms with Gasteiger partial charge in [-0.2, -0.15) is 0 Å². The van der Waals surface area contributed by atoms with Gasteiger partial charge >= 0.3 is 0 Å². The van der Waals surface area contributed by atoms with Gasteiger partial charge in [0.05, 0.1) is 15.5 Å². The molecule has 25 heavy (non-hydrogen) atoms. The van der Waals surface area contributed by atoms with E-state index >= 15 is 0 Å². The molecule has 2 aromatic rings. The van der Waals surface area contributed by atoms with Crippen molar-refractivity contribution >= 4 is 54.2 Å². The number of non-ortho nitro benzene ring substituents is 1. The van der Waals surface area contributed by atoms with E-state index in [1.165, 1.54) is 37.3 Å². The summed E-state index contributed by atoms with van der Waals surface area (Å²) in [4.78, 5) is 21.6. The number of nitro groups is 1. The van der Waals surface area contributed by atoms with Gasteiger partial charge in [0, 0.05) is 16.6 Å². The summed E-state index contributed by atoms with van der Waals surface area (Å²) < 4.78 is 27.4. The van der Waals surface area contributed by atoms with Crippen LogP contribution in [0.25, 0.3) is 0 Å². The molecule has 0 radical (unpaired) electrons. The van der Waals surface area contributed by atoms with Gasteiger partial charge in [0.15, 0.2) is 0 Å². The topological polar surface area (TPSA) is 97.6 Å². The molecule has 0 fully saturated rings. The van der Waals surface area contributed by atoms with Gasteiger partial charge in [-0.05, 0) is 54.4 Å². The quantitative estimate of drug-likeness (QED) is 0.383. The molecule has 0 saturated heterocycles. The number of hydrogen-bond acceptors (Lipinski definition) is 5. The second-order valence-electron chi connectivity index (χ2n) is 5.05. The smallest absolute Gasteiger partial charge is 0.269 e. The molecular formula is C15H12BrClN2O5S. The summed E-state index contributed by atoms with van der Waals surface area (Å²) in [5, 5.41) is 9.98. The number of halogens is 2. The summed E-state index contributed by atoms with van der Waals surface area (Å²) >= 11 is 8.63. The Bertz CT molecular complexity index is 931. The molecule has 10 heteroatoms. The van der Waals surface area contributed by atoms with Crippen LogP contribution in [0.2, 0.25) is 0 Å². The first-order valence-corrected chi connectivity index (χ1v) is 9.45. The van der Waals surface area contributed by atoms with Crippen LogP contribution in [0.5, 0.6) is 0 Å². The van der Waals surface area contributed by atoms with E-state index in [1.807, 2.05) is 0 Å². The summed E-state index contributed by atoms with van der Waals surface area (Å²) in [6.07, 6.45) is 0. The van der Waals surface area contributed by atoms with Gasteiger partial charge in [-0.25, -0.2) is 8.42 Å². The predicted octanol–water partition coefficient (Wildman–Crippen LogP) is 3.63. The van der Waals surface area contributed by atoms with Gasteiger partial charge in [-0.15, -0.1) is 0 Å². The minimum atomic E-state index is -4.08. The number of sulfonamides is 1. The Balaban J connectivity index is 2.58. The molecule has 0 aliphatic rings. The fourth-order valence-corrected chi connectivity index (χ4v) is 4.12. The third-order valence-corrected chi connectivity index (χ3v) is 5.75. The number of nitro benzene ring substituents is 1. The standard InChI is InChI=1S/C15H12BrClN2O5S/c1-10-8-12(19(21)22)4-7-14(10)18(9-15(17)20)25(23,24)13-5-2-11(16)3-6-13/h2-8H,9H2,1H3. The van der Waals surface area contributed by atoms with Crippen molar-refractivity contribution in [3.63, 3.8) is 0 Å². The highest BCUT2D eigenvalue weighted by Gasteiger charge is 2.28. The Labute approximate surface area is 157 Å². The molecule has 132 valence electrons. The molecule has 0 spiro atoms. The van der Waals surface area contributed by atoms with Gasteiger partial charge < -0.3 is 0 Å².